The summed E-state index contributed by atoms with van der Waals surface area (Å²) in [7, 11) is 0. The van der Waals surface area contributed by atoms with Gasteiger partial charge in [-0.15, -0.1) is 11.8 Å². The second kappa shape index (κ2) is 6.10. The predicted molar refractivity (Wildman–Crippen MR) is 73.9 cm³/mol. The molecule has 1 aromatic carbocycles. The molecule has 20 heavy (non-hydrogen) atoms. The van der Waals surface area contributed by atoms with E-state index in [9.17, 15) is 18.7 Å². The number of hydrogen-bond donors (Lipinski definition) is 2. The number of carbonyl (C=O) groups is 1. The number of thioether (sulfide) groups is 1. The first-order chi connectivity index (χ1) is 9.47. The molecular formula is C14H17F2NO2S. The summed E-state index contributed by atoms with van der Waals surface area (Å²) in [6.07, 6.45) is 1.66. The third-order valence-electron chi connectivity index (χ3n) is 3.58. The average Bonchev–Trinajstić information content (AvgIpc) is 2.78. The Morgan fingerprint density at radius 3 is 2.90 bits per heavy atom. The molecule has 2 N–H and O–H groups in total. The first-order valence-electron chi connectivity index (χ1n) is 6.57. The average molecular weight is 301 g/mol. The van der Waals surface area contributed by atoms with Crippen LogP contribution in [0.25, 0.3) is 0 Å². The van der Waals surface area contributed by atoms with Gasteiger partial charge in [-0.1, -0.05) is 6.92 Å². The van der Waals surface area contributed by atoms with Gasteiger partial charge in [0.15, 0.2) is 0 Å². The molecule has 1 aliphatic rings. The molecule has 1 fully saturated rings. The molecule has 0 heterocycles. The molecule has 0 aliphatic heterocycles. The van der Waals surface area contributed by atoms with Gasteiger partial charge in [-0.3, -0.25) is 4.79 Å². The fourth-order valence-corrected chi connectivity index (χ4v) is 3.90. The lowest BCUT2D eigenvalue weighted by Crippen LogP contribution is -2.50. The fourth-order valence-electron chi connectivity index (χ4n) is 2.62. The molecule has 2 unspecified atom stereocenters. The Hall–Kier alpha value is -1.14. The van der Waals surface area contributed by atoms with Crippen LogP contribution in [-0.2, 0) is 4.79 Å². The summed E-state index contributed by atoms with van der Waals surface area (Å²) >= 11 is 1.29. The van der Waals surface area contributed by atoms with Crippen molar-refractivity contribution < 1.29 is 18.7 Å². The molecule has 0 spiro atoms. The maximum absolute atomic E-state index is 13.6. The lowest BCUT2D eigenvalue weighted by molar-refractivity contribution is -0.144. The Morgan fingerprint density at radius 2 is 2.30 bits per heavy atom. The molecule has 2 rings (SSSR count). The van der Waals surface area contributed by atoms with E-state index in [1.54, 1.807) is 0 Å². The molecule has 0 bridgehead atoms. The van der Waals surface area contributed by atoms with Crippen LogP contribution in [0.2, 0.25) is 0 Å². The molecule has 1 aromatic rings. The van der Waals surface area contributed by atoms with Gasteiger partial charge in [-0.05, 0) is 37.9 Å². The largest absolute Gasteiger partial charge is 0.480 e. The van der Waals surface area contributed by atoms with Crippen molar-refractivity contribution in [2.75, 3.05) is 6.54 Å². The summed E-state index contributed by atoms with van der Waals surface area (Å²) < 4.78 is 26.5. The second-order valence-electron chi connectivity index (χ2n) is 4.97. The van der Waals surface area contributed by atoms with Crippen LogP contribution in [0, 0.1) is 11.6 Å². The van der Waals surface area contributed by atoms with Gasteiger partial charge in [0.25, 0.3) is 0 Å². The highest BCUT2D eigenvalue weighted by Crippen LogP contribution is 2.41. The van der Waals surface area contributed by atoms with Gasteiger partial charge in [0.05, 0.1) is 0 Å². The number of likely N-dealkylation sites (N-methyl/N-ethyl adjacent to an activating group) is 1. The van der Waals surface area contributed by atoms with Gasteiger partial charge >= 0.3 is 5.97 Å². The Labute approximate surface area is 120 Å². The van der Waals surface area contributed by atoms with Crippen LogP contribution in [0.3, 0.4) is 0 Å². The molecule has 1 aliphatic carbocycles. The van der Waals surface area contributed by atoms with Crippen LogP contribution in [0.4, 0.5) is 8.78 Å². The highest BCUT2D eigenvalue weighted by molar-refractivity contribution is 8.00. The SMILES string of the molecule is CCNC1(C(=O)O)CCC(Sc2ccc(F)cc2F)C1. The van der Waals surface area contributed by atoms with Crippen molar-refractivity contribution in [1.29, 1.82) is 0 Å². The zero-order valence-corrected chi connectivity index (χ0v) is 12.0. The Morgan fingerprint density at radius 1 is 1.55 bits per heavy atom. The summed E-state index contributed by atoms with van der Waals surface area (Å²) in [4.78, 5) is 11.8. The van der Waals surface area contributed by atoms with Crippen LogP contribution in [0.5, 0.6) is 0 Å². The number of rotatable bonds is 5. The van der Waals surface area contributed by atoms with Crippen molar-refractivity contribution in [2.24, 2.45) is 0 Å². The van der Waals surface area contributed by atoms with Gasteiger partial charge in [-0.2, -0.15) is 0 Å². The lowest BCUT2D eigenvalue weighted by Gasteiger charge is -2.25. The minimum absolute atomic E-state index is 0.0186. The quantitative estimate of drug-likeness (QED) is 0.877. The van der Waals surface area contributed by atoms with Gasteiger partial charge in [0, 0.05) is 16.2 Å². The molecule has 1 saturated carbocycles. The van der Waals surface area contributed by atoms with Gasteiger partial charge in [0.2, 0.25) is 0 Å². The van der Waals surface area contributed by atoms with Crippen molar-refractivity contribution in [3.05, 3.63) is 29.8 Å². The number of nitrogens with one attached hydrogen (secondary N) is 1. The van der Waals surface area contributed by atoms with E-state index in [-0.39, 0.29) is 5.25 Å². The molecule has 3 nitrogen and oxygen atoms in total. The van der Waals surface area contributed by atoms with Crippen molar-refractivity contribution in [3.63, 3.8) is 0 Å². The summed E-state index contributed by atoms with van der Waals surface area (Å²) in [5.41, 5.74) is -0.914. The number of aliphatic carboxylic acids is 1. The maximum Gasteiger partial charge on any atom is 0.323 e. The molecule has 2 atom stereocenters. The minimum atomic E-state index is -0.914. The minimum Gasteiger partial charge on any atom is -0.480 e. The van der Waals surface area contributed by atoms with Gasteiger partial charge < -0.3 is 10.4 Å². The van der Waals surface area contributed by atoms with E-state index in [4.69, 9.17) is 0 Å². The van der Waals surface area contributed by atoms with E-state index in [0.717, 1.165) is 6.07 Å². The van der Waals surface area contributed by atoms with Crippen LogP contribution in [0.1, 0.15) is 26.2 Å². The Bertz CT molecular complexity index is 512. The monoisotopic (exact) mass is 301 g/mol. The maximum atomic E-state index is 13.6. The number of halogens is 2. The first kappa shape index (κ1) is 15.3. The number of benzene rings is 1. The molecule has 0 aromatic heterocycles. The van der Waals surface area contributed by atoms with Gasteiger partial charge in [0.1, 0.15) is 17.2 Å². The summed E-state index contributed by atoms with van der Waals surface area (Å²) in [5, 5.41) is 12.4. The Balaban J connectivity index is 2.07. The normalized spacial score (nSPS) is 25.9. The van der Waals surface area contributed by atoms with E-state index in [2.05, 4.69) is 5.32 Å². The van der Waals surface area contributed by atoms with E-state index in [0.29, 0.717) is 30.7 Å². The molecule has 6 heteroatoms. The summed E-state index contributed by atoms with van der Waals surface area (Å²) in [6.45, 7) is 2.44. The Kier molecular flexibility index (Phi) is 4.65. The van der Waals surface area contributed by atoms with Crippen molar-refractivity contribution in [1.82, 2.24) is 5.32 Å². The van der Waals surface area contributed by atoms with E-state index in [1.807, 2.05) is 6.92 Å². The van der Waals surface area contributed by atoms with E-state index >= 15 is 0 Å². The van der Waals surface area contributed by atoms with E-state index < -0.39 is 23.1 Å². The third kappa shape index (κ3) is 3.12. The number of hydrogen-bond acceptors (Lipinski definition) is 3. The highest BCUT2D eigenvalue weighted by Gasteiger charge is 2.45. The van der Waals surface area contributed by atoms with Gasteiger partial charge in [-0.25, -0.2) is 8.78 Å². The topological polar surface area (TPSA) is 49.3 Å². The molecular weight excluding hydrogens is 284 g/mol. The zero-order chi connectivity index (χ0) is 14.8. The third-order valence-corrected chi connectivity index (χ3v) is 4.90. The van der Waals surface area contributed by atoms with Crippen molar-refractivity contribution in [3.8, 4) is 0 Å². The fraction of sp³-hybridized carbons (Fsp3) is 0.500. The second-order valence-corrected chi connectivity index (χ2v) is 6.32. The van der Waals surface area contributed by atoms with Crippen molar-refractivity contribution >= 4 is 17.7 Å². The molecule has 110 valence electrons. The summed E-state index contributed by atoms with van der Waals surface area (Å²) in [5.74, 6) is -2.06. The number of carboxylic acid groups (broad SMARTS) is 1. The van der Waals surface area contributed by atoms with Crippen LogP contribution in [-0.4, -0.2) is 28.4 Å². The number of carboxylic acids is 1. The van der Waals surface area contributed by atoms with Crippen LogP contribution < -0.4 is 5.32 Å². The standard InChI is InChI=1S/C14H17F2NO2S/c1-2-17-14(13(18)19)6-5-10(8-14)20-12-4-3-9(15)7-11(12)16/h3-4,7,10,17H,2,5-6,8H2,1H3,(H,18,19). The molecule has 0 saturated heterocycles. The molecule has 0 amide bonds. The predicted octanol–water partition coefficient (Wildman–Crippen LogP) is 3.04. The van der Waals surface area contributed by atoms with Crippen molar-refractivity contribution in [2.45, 2.75) is 41.9 Å². The van der Waals surface area contributed by atoms with Crippen LogP contribution >= 0.6 is 11.8 Å². The first-order valence-corrected chi connectivity index (χ1v) is 7.45. The highest BCUT2D eigenvalue weighted by atomic mass is 32.2. The summed E-state index contributed by atoms with van der Waals surface area (Å²) in [6, 6.07) is 3.48. The van der Waals surface area contributed by atoms with Crippen LogP contribution in [0.15, 0.2) is 23.1 Å². The molecule has 0 radical (unpaired) electrons. The lowest BCUT2D eigenvalue weighted by atomic mass is 9.98. The van der Waals surface area contributed by atoms with E-state index in [1.165, 1.54) is 23.9 Å². The zero-order valence-electron chi connectivity index (χ0n) is 11.2. The smallest absolute Gasteiger partial charge is 0.323 e.